The van der Waals surface area contributed by atoms with Crippen molar-refractivity contribution >= 4 is 23.6 Å². The Morgan fingerprint density at radius 3 is 2.76 bits per heavy atom. The van der Waals surface area contributed by atoms with E-state index in [1.165, 1.54) is 28.5 Å². The lowest BCUT2D eigenvalue weighted by Crippen LogP contribution is -2.27. The van der Waals surface area contributed by atoms with Crippen molar-refractivity contribution in [2.45, 2.75) is 42.9 Å². The first-order valence-corrected chi connectivity index (χ1v) is 9.22. The minimum Gasteiger partial charge on any atom is -0.480 e. The Hall–Kier alpha value is -2.27. The van der Waals surface area contributed by atoms with Crippen LogP contribution in [-0.2, 0) is 11.2 Å². The van der Waals surface area contributed by atoms with Gasteiger partial charge in [-0.25, -0.2) is 0 Å². The summed E-state index contributed by atoms with van der Waals surface area (Å²) in [5.41, 5.74) is 4.24. The van der Waals surface area contributed by atoms with Crippen LogP contribution >= 0.6 is 11.8 Å². The van der Waals surface area contributed by atoms with Gasteiger partial charge in [0.25, 0.3) is 5.91 Å². The van der Waals surface area contributed by atoms with Crippen LogP contribution < -0.4 is 5.32 Å². The Balaban J connectivity index is 1.78. The molecule has 0 saturated heterocycles. The number of rotatable bonds is 5. The van der Waals surface area contributed by atoms with E-state index in [0.29, 0.717) is 10.5 Å². The van der Waals surface area contributed by atoms with Gasteiger partial charge in [0.1, 0.15) is 5.25 Å². The third kappa shape index (κ3) is 3.87. The standard InChI is InChI=1S/C20H21NO3S/c1-12-7-9-15-14(11-12)8-10-17(15)21-19(22)16-5-3-4-6-18(16)25-13(2)20(23)24/h3-7,9,11,13,17H,8,10H2,1-2H3,(H,21,22)(H,23,24). The Morgan fingerprint density at radius 1 is 1.24 bits per heavy atom. The maximum absolute atomic E-state index is 12.8. The van der Waals surface area contributed by atoms with Gasteiger partial charge in [-0.1, -0.05) is 35.9 Å². The predicted molar refractivity (Wildman–Crippen MR) is 99.1 cm³/mol. The van der Waals surface area contributed by atoms with Gasteiger partial charge >= 0.3 is 5.97 Å². The molecule has 130 valence electrons. The highest BCUT2D eigenvalue weighted by Crippen LogP contribution is 2.33. The number of carboxylic acids is 1. The molecule has 2 atom stereocenters. The molecule has 2 aromatic carbocycles. The zero-order valence-electron chi connectivity index (χ0n) is 14.3. The second kappa shape index (κ2) is 7.31. The fraction of sp³-hybridized carbons (Fsp3) is 0.300. The normalized spacial score (nSPS) is 17.0. The molecule has 0 fully saturated rings. The van der Waals surface area contributed by atoms with Gasteiger partial charge in [-0.05, 0) is 49.9 Å². The molecule has 0 bridgehead atoms. The monoisotopic (exact) mass is 355 g/mol. The Kier molecular flexibility index (Phi) is 5.13. The van der Waals surface area contributed by atoms with Crippen LogP contribution in [0.5, 0.6) is 0 Å². The molecule has 0 radical (unpaired) electrons. The van der Waals surface area contributed by atoms with Crippen LogP contribution in [0.25, 0.3) is 0 Å². The van der Waals surface area contributed by atoms with Crippen molar-refractivity contribution in [1.29, 1.82) is 0 Å². The van der Waals surface area contributed by atoms with Crippen LogP contribution in [0.1, 0.15) is 46.4 Å². The van der Waals surface area contributed by atoms with E-state index in [4.69, 9.17) is 5.11 Å². The summed E-state index contributed by atoms with van der Waals surface area (Å²) in [6.07, 6.45) is 1.86. The highest BCUT2D eigenvalue weighted by Gasteiger charge is 2.25. The van der Waals surface area contributed by atoms with E-state index >= 15 is 0 Å². The van der Waals surface area contributed by atoms with Crippen molar-refractivity contribution < 1.29 is 14.7 Å². The number of aliphatic carboxylic acids is 1. The van der Waals surface area contributed by atoms with E-state index in [9.17, 15) is 9.59 Å². The fourth-order valence-electron chi connectivity index (χ4n) is 3.13. The van der Waals surface area contributed by atoms with E-state index < -0.39 is 11.2 Å². The van der Waals surface area contributed by atoms with Gasteiger partial charge < -0.3 is 10.4 Å². The third-order valence-corrected chi connectivity index (χ3v) is 5.63. The molecule has 0 saturated carbocycles. The lowest BCUT2D eigenvalue weighted by atomic mass is 10.1. The summed E-state index contributed by atoms with van der Waals surface area (Å²) in [6.45, 7) is 3.69. The third-order valence-electron chi connectivity index (χ3n) is 4.46. The molecular weight excluding hydrogens is 334 g/mol. The van der Waals surface area contributed by atoms with Gasteiger partial charge in [0, 0.05) is 4.90 Å². The zero-order valence-corrected chi connectivity index (χ0v) is 15.1. The quantitative estimate of drug-likeness (QED) is 0.796. The molecule has 2 unspecified atom stereocenters. The van der Waals surface area contributed by atoms with Gasteiger partial charge in [0.15, 0.2) is 0 Å². The molecule has 1 amide bonds. The fourth-order valence-corrected chi connectivity index (χ4v) is 4.06. The average Bonchev–Trinajstić information content (AvgIpc) is 2.97. The number of aryl methyl sites for hydroxylation is 2. The van der Waals surface area contributed by atoms with E-state index in [0.717, 1.165) is 12.8 Å². The number of hydrogen-bond acceptors (Lipinski definition) is 3. The molecule has 25 heavy (non-hydrogen) atoms. The first-order valence-electron chi connectivity index (χ1n) is 8.34. The van der Waals surface area contributed by atoms with E-state index in [2.05, 4.69) is 30.4 Å². The highest BCUT2D eigenvalue weighted by molar-refractivity contribution is 8.00. The summed E-state index contributed by atoms with van der Waals surface area (Å²) in [4.78, 5) is 24.6. The molecule has 0 aliphatic heterocycles. The maximum Gasteiger partial charge on any atom is 0.316 e. The minimum atomic E-state index is -0.889. The van der Waals surface area contributed by atoms with Gasteiger partial charge in [-0.2, -0.15) is 0 Å². The average molecular weight is 355 g/mol. The largest absolute Gasteiger partial charge is 0.480 e. The maximum atomic E-state index is 12.8. The second-order valence-electron chi connectivity index (χ2n) is 6.36. The molecule has 1 aliphatic carbocycles. The summed E-state index contributed by atoms with van der Waals surface area (Å²) in [5.74, 6) is -1.04. The van der Waals surface area contributed by atoms with Crippen molar-refractivity contribution in [2.75, 3.05) is 0 Å². The molecular formula is C20H21NO3S. The van der Waals surface area contributed by atoms with Crippen LogP contribution in [0.15, 0.2) is 47.4 Å². The van der Waals surface area contributed by atoms with Crippen molar-refractivity contribution in [1.82, 2.24) is 5.32 Å². The van der Waals surface area contributed by atoms with Gasteiger partial charge in [0.2, 0.25) is 0 Å². The van der Waals surface area contributed by atoms with Crippen LogP contribution in [-0.4, -0.2) is 22.2 Å². The zero-order chi connectivity index (χ0) is 18.0. The topological polar surface area (TPSA) is 66.4 Å². The smallest absolute Gasteiger partial charge is 0.316 e. The summed E-state index contributed by atoms with van der Waals surface area (Å²) in [6, 6.07) is 13.5. The number of amides is 1. The van der Waals surface area contributed by atoms with Crippen LogP contribution in [0.4, 0.5) is 0 Å². The SMILES string of the molecule is Cc1ccc2c(c1)CCC2NC(=O)c1ccccc1SC(C)C(=O)O. The predicted octanol–water partition coefficient (Wildman–Crippen LogP) is 3.98. The van der Waals surface area contributed by atoms with Crippen LogP contribution in [0.2, 0.25) is 0 Å². The first-order chi connectivity index (χ1) is 12.0. The molecule has 3 rings (SSSR count). The lowest BCUT2D eigenvalue weighted by molar-refractivity contribution is -0.136. The lowest BCUT2D eigenvalue weighted by Gasteiger charge is -2.16. The number of carboxylic acid groups (broad SMARTS) is 1. The van der Waals surface area contributed by atoms with Crippen molar-refractivity contribution in [3.63, 3.8) is 0 Å². The van der Waals surface area contributed by atoms with Gasteiger partial charge in [-0.15, -0.1) is 11.8 Å². The Bertz CT molecular complexity index is 818. The van der Waals surface area contributed by atoms with E-state index in [-0.39, 0.29) is 11.9 Å². The molecule has 5 heteroatoms. The number of benzene rings is 2. The number of carbonyl (C=O) groups excluding carboxylic acids is 1. The number of carbonyl (C=O) groups is 2. The molecule has 1 aliphatic rings. The summed E-state index contributed by atoms with van der Waals surface area (Å²) >= 11 is 1.19. The summed E-state index contributed by atoms with van der Waals surface area (Å²) in [5, 5.41) is 11.6. The Labute approximate surface area is 151 Å². The van der Waals surface area contributed by atoms with Crippen LogP contribution in [0, 0.1) is 6.92 Å². The molecule has 2 N–H and O–H groups in total. The number of nitrogens with one attached hydrogen (secondary N) is 1. The number of fused-ring (bicyclic) bond motifs is 1. The van der Waals surface area contributed by atoms with Crippen molar-refractivity contribution in [3.05, 3.63) is 64.7 Å². The first kappa shape index (κ1) is 17.5. The molecule has 0 heterocycles. The number of hydrogen-bond donors (Lipinski definition) is 2. The minimum absolute atomic E-state index is 0.0121. The second-order valence-corrected chi connectivity index (χ2v) is 7.74. The Morgan fingerprint density at radius 2 is 2.00 bits per heavy atom. The molecule has 0 spiro atoms. The summed E-state index contributed by atoms with van der Waals surface area (Å²) < 4.78 is 0. The molecule has 4 nitrogen and oxygen atoms in total. The molecule has 0 aromatic heterocycles. The van der Waals surface area contributed by atoms with Gasteiger partial charge in [0.05, 0.1) is 11.6 Å². The van der Waals surface area contributed by atoms with Crippen LogP contribution in [0.3, 0.4) is 0 Å². The summed E-state index contributed by atoms with van der Waals surface area (Å²) in [7, 11) is 0. The van der Waals surface area contributed by atoms with E-state index in [1.54, 1.807) is 25.1 Å². The van der Waals surface area contributed by atoms with Crippen molar-refractivity contribution in [2.24, 2.45) is 0 Å². The van der Waals surface area contributed by atoms with Crippen molar-refractivity contribution in [3.8, 4) is 0 Å². The molecule has 2 aromatic rings. The van der Waals surface area contributed by atoms with E-state index in [1.807, 2.05) is 6.07 Å². The van der Waals surface area contributed by atoms with Gasteiger partial charge in [-0.3, -0.25) is 9.59 Å². The number of thioether (sulfide) groups is 1. The highest BCUT2D eigenvalue weighted by atomic mass is 32.2.